The van der Waals surface area contributed by atoms with Crippen molar-refractivity contribution in [3.63, 3.8) is 0 Å². The van der Waals surface area contributed by atoms with E-state index in [4.69, 9.17) is 5.11 Å². The molecule has 100 valence electrons. The highest BCUT2D eigenvalue weighted by atomic mass is 19.1. The summed E-state index contributed by atoms with van der Waals surface area (Å²) in [6.07, 6.45) is 0. The highest BCUT2D eigenvalue weighted by Crippen LogP contribution is 2.27. The summed E-state index contributed by atoms with van der Waals surface area (Å²) in [5.74, 6) is -2.35. The quantitative estimate of drug-likeness (QED) is 0.746. The van der Waals surface area contributed by atoms with Crippen LogP contribution in [0.5, 0.6) is 0 Å². The van der Waals surface area contributed by atoms with Gasteiger partial charge in [0, 0.05) is 22.5 Å². The van der Waals surface area contributed by atoms with E-state index in [1.165, 1.54) is 18.2 Å². The lowest BCUT2D eigenvalue weighted by molar-refractivity contribution is 0.0691. The van der Waals surface area contributed by atoms with Gasteiger partial charge in [-0.1, -0.05) is 6.07 Å². The van der Waals surface area contributed by atoms with Gasteiger partial charge in [-0.05, 0) is 35.9 Å². The topological polar surface area (TPSA) is 53.1 Å². The predicted molar refractivity (Wildman–Crippen MR) is 70.6 cm³/mol. The number of benzene rings is 2. The second-order valence-corrected chi connectivity index (χ2v) is 4.41. The Kier molecular flexibility index (Phi) is 2.75. The fourth-order valence-corrected chi connectivity index (χ4v) is 2.14. The molecular formula is C15H9F2NO2. The molecule has 0 bridgehead atoms. The molecule has 5 heteroatoms. The first-order valence-corrected chi connectivity index (χ1v) is 5.86. The van der Waals surface area contributed by atoms with Gasteiger partial charge in [-0.3, -0.25) is 0 Å². The predicted octanol–water partition coefficient (Wildman–Crippen LogP) is 3.81. The zero-order valence-corrected chi connectivity index (χ0v) is 10.2. The lowest BCUT2D eigenvalue weighted by atomic mass is 10.0. The van der Waals surface area contributed by atoms with Gasteiger partial charge in [0.25, 0.3) is 0 Å². The largest absolute Gasteiger partial charge is 0.477 e. The van der Waals surface area contributed by atoms with E-state index >= 15 is 0 Å². The van der Waals surface area contributed by atoms with Gasteiger partial charge in [0.15, 0.2) is 0 Å². The standard InChI is InChI=1S/C15H9F2NO2/c16-10-2-3-11(12(17)7-10)8-1-4-13-9(5-8)6-14(18-13)15(19)20/h1-7,18H,(H,19,20). The number of carboxylic acids is 1. The molecule has 0 unspecified atom stereocenters. The number of fused-ring (bicyclic) bond motifs is 1. The van der Waals surface area contributed by atoms with Gasteiger partial charge >= 0.3 is 5.97 Å². The maximum Gasteiger partial charge on any atom is 0.352 e. The number of aromatic nitrogens is 1. The number of H-pyrrole nitrogens is 1. The number of carbonyl (C=O) groups is 1. The minimum absolute atomic E-state index is 0.0664. The maximum atomic E-state index is 13.7. The lowest BCUT2D eigenvalue weighted by Crippen LogP contribution is -1.94. The third-order valence-electron chi connectivity index (χ3n) is 3.09. The molecule has 0 saturated carbocycles. The van der Waals surface area contributed by atoms with Crippen LogP contribution in [0.3, 0.4) is 0 Å². The first-order chi connectivity index (χ1) is 9.54. The Morgan fingerprint density at radius 2 is 1.85 bits per heavy atom. The number of carboxylic acid groups (broad SMARTS) is 1. The van der Waals surface area contributed by atoms with Crippen LogP contribution in [0.25, 0.3) is 22.0 Å². The number of hydrogen-bond donors (Lipinski definition) is 2. The van der Waals surface area contributed by atoms with E-state index in [0.717, 1.165) is 6.07 Å². The third-order valence-corrected chi connectivity index (χ3v) is 3.09. The number of nitrogens with one attached hydrogen (secondary N) is 1. The molecule has 0 saturated heterocycles. The van der Waals surface area contributed by atoms with Crippen LogP contribution < -0.4 is 0 Å². The normalized spacial score (nSPS) is 10.9. The second kappa shape index (κ2) is 4.45. The molecule has 0 aliphatic carbocycles. The van der Waals surface area contributed by atoms with Crippen LogP contribution in [0.15, 0.2) is 42.5 Å². The summed E-state index contributed by atoms with van der Waals surface area (Å²) in [6.45, 7) is 0. The fourth-order valence-electron chi connectivity index (χ4n) is 2.14. The number of aromatic amines is 1. The zero-order valence-electron chi connectivity index (χ0n) is 10.2. The molecular weight excluding hydrogens is 264 g/mol. The summed E-state index contributed by atoms with van der Waals surface area (Å²) in [7, 11) is 0. The average molecular weight is 273 g/mol. The summed E-state index contributed by atoms with van der Waals surface area (Å²) in [6, 6.07) is 9.82. The summed E-state index contributed by atoms with van der Waals surface area (Å²) >= 11 is 0. The van der Waals surface area contributed by atoms with E-state index < -0.39 is 17.6 Å². The van der Waals surface area contributed by atoms with Crippen LogP contribution in [0.4, 0.5) is 8.78 Å². The van der Waals surface area contributed by atoms with Crippen molar-refractivity contribution in [3.8, 4) is 11.1 Å². The Hall–Kier alpha value is -2.69. The van der Waals surface area contributed by atoms with Crippen molar-refractivity contribution in [2.75, 3.05) is 0 Å². The molecule has 1 heterocycles. The van der Waals surface area contributed by atoms with Gasteiger partial charge in [0.05, 0.1) is 0 Å². The lowest BCUT2D eigenvalue weighted by Gasteiger charge is -2.03. The molecule has 0 spiro atoms. The molecule has 3 rings (SSSR count). The molecule has 0 aliphatic rings. The Balaban J connectivity index is 2.14. The molecule has 2 aromatic carbocycles. The summed E-state index contributed by atoms with van der Waals surface area (Å²) in [5.41, 5.74) is 1.54. The number of aromatic carboxylic acids is 1. The minimum atomic E-state index is -1.06. The number of rotatable bonds is 2. The van der Waals surface area contributed by atoms with Crippen LogP contribution in [-0.2, 0) is 0 Å². The molecule has 20 heavy (non-hydrogen) atoms. The SMILES string of the molecule is O=C(O)c1cc2cc(-c3ccc(F)cc3F)ccc2[nH]1. The van der Waals surface area contributed by atoms with Crippen molar-refractivity contribution in [1.29, 1.82) is 0 Å². The molecule has 3 nitrogen and oxygen atoms in total. The Labute approximate surface area is 112 Å². The summed E-state index contributed by atoms with van der Waals surface area (Å²) in [5, 5.41) is 9.57. The van der Waals surface area contributed by atoms with Crippen molar-refractivity contribution in [2.24, 2.45) is 0 Å². The van der Waals surface area contributed by atoms with Gasteiger partial charge in [0.1, 0.15) is 17.3 Å². The van der Waals surface area contributed by atoms with E-state index in [0.29, 0.717) is 16.5 Å². The van der Waals surface area contributed by atoms with Crippen LogP contribution in [0, 0.1) is 11.6 Å². The van der Waals surface area contributed by atoms with E-state index in [-0.39, 0.29) is 11.3 Å². The molecule has 1 aromatic heterocycles. The van der Waals surface area contributed by atoms with Gasteiger partial charge in [-0.15, -0.1) is 0 Å². The molecule has 2 N–H and O–H groups in total. The first-order valence-electron chi connectivity index (χ1n) is 5.86. The van der Waals surface area contributed by atoms with E-state index in [1.807, 2.05) is 0 Å². The molecule has 0 atom stereocenters. The molecule has 0 fully saturated rings. The minimum Gasteiger partial charge on any atom is -0.477 e. The van der Waals surface area contributed by atoms with Gasteiger partial charge in [-0.25, -0.2) is 13.6 Å². The smallest absolute Gasteiger partial charge is 0.352 e. The summed E-state index contributed by atoms with van der Waals surface area (Å²) in [4.78, 5) is 13.6. The van der Waals surface area contributed by atoms with Crippen molar-refractivity contribution in [1.82, 2.24) is 4.98 Å². The zero-order chi connectivity index (χ0) is 14.3. The Morgan fingerprint density at radius 3 is 2.55 bits per heavy atom. The Bertz CT molecular complexity index is 824. The van der Waals surface area contributed by atoms with Crippen molar-refractivity contribution in [3.05, 3.63) is 59.8 Å². The maximum absolute atomic E-state index is 13.7. The first kappa shape index (κ1) is 12.3. The molecule has 0 aliphatic heterocycles. The molecule has 3 aromatic rings. The second-order valence-electron chi connectivity index (χ2n) is 4.41. The highest BCUT2D eigenvalue weighted by Gasteiger charge is 2.10. The van der Waals surface area contributed by atoms with E-state index in [1.54, 1.807) is 18.2 Å². The van der Waals surface area contributed by atoms with Crippen LogP contribution in [0.1, 0.15) is 10.5 Å². The molecule has 0 radical (unpaired) electrons. The van der Waals surface area contributed by atoms with Crippen molar-refractivity contribution >= 4 is 16.9 Å². The van der Waals surface area contributed by atoms with Gasteiger partial charge in [-0.2, -0.15) is 0 Å². The summed E-state index contributed by atoms with van der Waals surface area (Å²) < 4.78 is 26.6. The molecule has 0 amide bonds. The van der Waals surface area contributed by atoms with Crippen LogP contribution in [-0.4, -0.2) is 16.1 Å². The number of halogens is 2. The average Bonchev–Trinajstić information content (AvgIpc) is 2.81. The van der Waals surface area contributed by atoms with E-state index in [9.17, 15) is 13.6 Å². The van der Waals surface area contributed by atoms with E-state index in [2.05, 4.69) is 4.98 Å². The van der Waals surface area contributed by atoms with Crippen LogP contribution >= 0.6 is 0 Å². The fraction of sp³-hybridized carbons (Fsp3) is 0. The Morgan fingerprint density at radius 1 is 1.05 bits per heavy atom. The number of hydrogen-bond acceptors (Lipinski definition) is 1. The monoisotopic (exact) mass is 273 g/mol. The van der Waals surface area contributed by atoms with Crippen molar-refractivity contribution < 1.29 is 18.7 Å². The highest BCUT2D eigenvalue weighted by molar-refractivity contribution is 5.95. The third kappa shape index (κ3) is 2.03. The van der Waals surface area contributed by atoms with Gasteiger partial charge in [0.2, 0.25) is 0 Å². The van der Waals surface area contributed by atoms with Crippen molar-refractivity contribution in [2.45, 2.75) is 0 Å². The van der Waals surface area contributed by atoms with Gasteiger partial charge < -0.3 is 10.1 Å². The van der Waals surface area contributed by atoms with Crippen LogP contribution in [0.2, 0.25) is 0 Å².